The van der Waals surface area contributed by atoms with Gasteiger partial charge in [0.25, 0.3) is 0 Å². The summed E-state index contributed by atoms with van der Waals surface area (Å²) in [6.07, 6.45) is 10.5. The van der Waals surface area contributed by atoms with Gasteiger partial charge in [-0.1, -0.05) is 39.5 Å². The Hall–Kier alpha value is -0.370. The van der Waals surface area contributed by atoms with Gasteiger partial charge in [0.1, 0.15) is 5.78 Å². The molecule has 0 aliphatic heterocycles. The average Bonchev–Trinajstić information content (AvgIpc) is 2.63. The molecule has 2 atom stereocenters. The van der Waals surface area contributed by atoms with Gasteiger partial charge in [-0.15, -0.1) is 0 Å². The molecule has 19 heavy (non-hydrogen) atoms. The van der Waals surface area contributed by atoms with E-state index < -0.39 is 0 Å². The number of ketones is 1. The summed E-state index contributed by atoms with van der Waals surface area (Å²) >= 11 is 0. The van der Waals surface area contributed by atoms with E-state index in [1.807, 2.05) is 0 Å². The first kappa shape index (κ1) is 15.0. The second kappa shape index (κ2) is 6.39. The SMILES string of the molecule is CC1CC(C)CC(C(=O)C2(CN)CCCCCC2)C1. The van der Waals surface area contributed by atoms with Crippen LogP contribution in [-0.2, 0) is 4.79 Å². The maximum Gasteiger partial charge on any atom is 0.143 e. The van der Waals surface area contributed by atoms with Crippen LogP contribution in [0, 0.1) is 23.2 Å². The van der Waals surface area contributed by atoms with Gasteiger partial charge in [-0.25, -0.2) is 0 Å². The summed E-state index contributed by atoms with van der Waals surface area (Å²) in [6.45, 7) is 5.18. The fourth-order valence-corrected chi connectivity index (χ4v) is 4.55. The highest BCUT2D eigenvalue weighted by Gasteiger charge is 2.42. The van der Waals surface area contributed by atoms with Gasteiger partial charge < -0.3 is 5.73 Å². The molecular weight excluding hydrogens is 234 g/mol. The van der Waals surface area contributed by atoms with Crippen molar-refractivity contribution in [3.05, 3.63) is 0 Å². The second-order valence-electron chi connectivity index (χ2n) is 7.38. The number of carbonyl (C=O) groups is 1. The fraction of sp³-hybridized carbons (Fsp3) is 0.941. The van der Waals surface area contributed by atoms with Gasteiger partial charge in [0.2, 0.25) is 0 Å². The molecule has 110 valence electrons. The van der Waals surface area contributed by atoms with E-state index in [1.54, 1.807) is 0 Å². The van der Waals surface area contributed by atoms with Gasteiger partial charge >= 0.3 is 0 Å². The summed E-state index contributed by atoms with van der Waals surface area (Å²) in [7, 11) is 0. The number of hydrogen-bond acceptors (Lipinski definition) is 2. The molecule has 2 aliphatic carbocycles. The van der Waals surface area contributed by atoms with E-state index in [4.69, 9.17) is 5.73 Å². The van der Waals surface area contributed by atoms with Gasteiger partial charge in [-0.3, -0.25) is 4.79 Å². The predicted octanol–water partition coefficient (Wildman–Crippen LogP) is 3.93. The maximum absolute atomic E-state index is 13.1. The topological polar surface area (TPSA) is 43.1 Å². The Morgan fingerprint density at radius 1 is 1.00 bits per heavy atom. The van der Waals surface area contributed by atoms with E-state index >= 15 is 0 Å². The normalized spacial score (nSPS) is 35.6. The molecule has 0 bridgehead atoms. The minimum absolute atomic E-state index is 0.169. The molecule has 0 heterocycles. The Labute approximate surface area is 118 Å². The van der Waals surface area contributed by atoms with Crippen LogP contribution in [0.3, 0.4) is 0 Å². The van der Waals surface area contributed by atoms with Gasteiger partial charge in [0.15, 0.2) is 0 Å². The highest BCUT2D eigenvalue weighted by molar-refractivity contribution is 5.87. The molecule has 0 spiro atoms. The van der Waals surface area contributed by atoms with Crippen LogP contribution in [0.2, 0.25) is 0 Å². The number of hydrogen-bond donors (Lipinski definition) is 1. The molecule has 2 fully saturated rings. The van der Waals surface area contributed by atoms with Crippen LogP contribution in [-0.4, -0.2) is 12.3 Å². The van der Waals surface area contributed by atoms with E-state index in [-0.39, 0.29) is 5.41 Å². The second-order valence-corrected chi connectivity index (χ2v) is 7.38. The number of rotatable bonds is 3. The lowest BCUT2D eigenvalue weighted by Gasteiger charge is -2.38. The molecule has 0 aromatic rings. The minimum atomic E-state index is -0.169. The van der Waals surface area contributed by atoms with Crippen molar-refractivity contribution >= 4 is 5.78 Å². The van der Waals surface area contributed by atoms with E-state index in [1.165, 1.54) is 32.1 Å². The zero-order valence-corrected chi connectivity index (χ0v) is 12.8. The van der Waals surface area contributed by atoms with Crippen molar-refractivity contribution in [2.24, 2.45) is 28.9 Å². The minimum Gasteiger partial charge on any atom is -0.329 e. The summed E-state index contributed by atoms with van der Waals surface area (Å²) in [5.41, 5.74) is 5.90. The van der Waals surface area contributed by atoms with Crippen molar-refractivity contribution in [1.82, 2.24) is 0 Å². The molecule has 2 unspecified atom stereocenters. The quantitative estimate of drug-likeness (QED) is 0.786. The Morgan fingerprint density at radius 2 is 1.53 bits per heavy atom. The highest BCUT2D eigenvalue weighted by Crippen LogP contribution is 2.42. The van der Waals surface area contributed by atoms with Crippen LogP contribution < -0.4 is 5.73 Å². The standard InChI is InChI=1S/C17H31NO/c1-13-9-14(2)11-15(10-13)16(19)17(12-18)7-5-3-4-6-8-17/h13-15H,3-12,18H2,1-2H3. The lowest BCUT2D eigenvalue weighted by molar-refractivity contribution is -0.135. The van der Waals surface area contributed by atoms with Crippen LogP contribution in [0.5, 0.6) is 0 Å². The molecule has 2 heteroatoms. The molecule has 2 saturated carbocycles. The largest absolute Gasteiger partial charge is 0.329 e. The van der Waals surface area contributed by atoms with Crippen molar-refractivity contribution in [2.45, 2.75) is 71.6 Å². The summed E-state index contributed by atoms with van der Waals surface area (Å²) in [4.78, 5) is 13.1. The zero-order chi connectivity index (χ0) is 13.9. The number of nitrogens with two attached hydrogens (primary N) is 1. The van der Waals surface area contributed by atoms with Gasteiger partial charge in [0, 0.05) is 17.9 Å². The monoisotopic (exact) mass is 265 g/mol. The number of Topliss-reactive ketones (excluding diaryl/α,β-unsaturated/α-hetero) is 1. The molecule has 0 aromatic heterocycles. The molecule has 0 saturated heterocycles. The van der Waals surface area contributed by atoms with Crippen LogP contribution in [0.4, 0.5) is 0 Å². The van der Waals surface area contributed by atoms with Gasteiger partial charge in [-0.05, 0) is 43.9 Å². The smallest absolute Gasteiger partial charge is 0.143 e. The van der Waals surface area contributed by atoms with Crippen molar-refractivity contribution in [3.63, 3.8) is 0 Å². The predicted molar refractivity (Wildman–Crippen MR) is 79.9 cm³/mol. The highest BCUT2D eigenvalue weighted by atomic mass is 16.1. The lowest BCUT2D eigenvalue weighted by Crippen LogP contribution is -2.43. The molecule has 2 rings (SSSR count). The van der Waals surface area contributed by atoms with Crippen molar-refractivity contribution in [2.75, 3.05) is 6.54 Å². The molecule has 2 N–H and O–H groups in total. The summed E-state index contributed by atoms with van der Waals surface area (Å²) < 4.78 is 0. The van der Waals surface area contributed by atoms with Crippen molar-refractivity contribution in [1.29, 1.82) is 0 Å². The Morgan fingerprint density at radius 3 is 2.00 bits per heavy atom. The van der Waals surface area contributed by atoms with Crippen molar-refractivity contribution in [3.8, 4) is 0 Å². The van der Waals surface area contributed by atoms with E-state index in [0.717, 1.165) is 25.7 Å². The third-order valence-corrected chi connectivity index (χ3v) is 5.52. The molecule has 0 amide bonds. The van der Waals surface area contributed by atoms with Crippen LogP contribution in [0.1, 0.15) is 71.6 Å². The van der Waals surface area contributed by atoms with E-state index in [9.17, 15) is 4.79 Å². The van der Waals surface area contributed by atoms with Crippen LogP contribution in [0.15, 0.2) is 0 Å². The fourth-order valence-electron chi connectivity index (χ4n) is 4.55. The Kier molecular flexibility index (Phi) is 5.05. The molecular formula is C17H31NO. The molecule has 0 aromatic carbocycles. The first-order valence-corrected chi connectivity index (χ1v) is 8.32. The molecule has 0 radical (unpaired) electrons. The summed E-state index contributed by atoms with van der Waals surface area (Å²) in [5.74, 6) is 2.23. The maximum atomic E-state index is 13.1. The molecule has 2 nitrogen and oxygen atoms in total. The number of carbonyl (C=O) groups excluding carboxylic acids is 1. The van der Waals surface area contributed by atoms with Crippen molar-refractivity contribution < 1.29 is 4.79 Å². The summed E-state index contributed by atoms with van der Waals surface area (Å²) in [5, 5.41) is 0. The third kappa shape index (κ3) is 3.39. The molecule has 2 aliphatic rings. The Bertz CT molecular complexity index is 294. The average molecular weight is 265 g/mol. The van der Waals surface area contributed by atoms with E-state index in [2.05, 4.69) is 13.8 Å². The lowest BCUT2D eigenvalue weighted by atomic mass is 9.66. The first-order chi connectivity index (χ1) is 9.07. The van der Waals surface area contributed by atoms with Gasteiger partial charge in [-0.2, -0.15) is 0 Å². The van der Waals surface area contributed by atoms with Crippen LogP contribution in [0.25, 0.3) is 0 Å². The first-order valence-electron chi connectivity index (χ1n) is 8.32. The summed E-state index contributed by atoms with van der Waals surface area (Å²) in [6, 6.07) is 0. The van der Waals surface area contributed by atoms with Gasteiger partial charge in [0.05, 0.1) is 0 Å². The van der Waals surface area contributed by atoms with Crippen LogP contribution >= 0.6 is 0 Å². The Balaban J connectivity index is 2.10. The third-order valence-electron chi connectivity index (χ3n) is 5.52. The zero-order valence-electron chi connectivity index (χ0n) is 12.8. The van der Waals surface area contributed by atoms with E-state index in [0.29, 0.717) is 30.1 Å².